The molecule has 2 atom stereocenters. The first-order valence-corrected chi connectivity index (χ1v) is 12.5. The number of aromatic nitrogens is 2. The van der Waals surface area contributed by atoms with E-state index >= 15 is 8.78 Å². The summed E-state index contributed by atoms with van der Waals surface area (Å²) in [5.41, 5.74) is 0.873. The van der Waals surface area contributed by atoms with Crippen LogP contribution in [0, 0.1) is 11.3 Å². The van der Waals surface area contributed by atoms with Crippen molar-refractivity contribution in [3.8, 4) is 11.8 Å². The van der Waals surface area contributed by atoms with Gasteiger partial charge in [0.1, 0.15) is 11.8 Å². The summed E-state index contributed by atoms with van der Waals surface area (Å²) in [5.74, 6) is -3.84. The fraction of sp³-hybridized carbons (Fsp3) is 0.200. The first-order valence-electron chi connectivity index (χ1n) is 12.5. The number of carbonyl (C=O) groups excluding carboxylic acids is 2. The average Bonchev–Trinajstić information content (AvgIpc) is 3.40. The Morgan fingerprint density at radius 1 is 1.02 bits per heavy atom. The van der Waals surface area contributed by atoms with E-state index in [1.54, 1.807) is 22.9 Å². The predicted molar refractivity (Wildman–Crippen MR) is 145 cm³/mol. The molecule has 0 fully saturated rings. The van der Waals surface area contributed by atoms with E-state index in [0.29, 0.717) is 11.4 Å². The number of halogens is 2. The number of benzene rings is 3. The average molecular weight is 542 g/mol. The third-order valence-corrected chi connectivity index (χ3v) is 7.18. The fourth-order valence-corrected chi connectivity index (χ4v) is 4.82. The minimum Gasteiger partial charge on any atom is -0.495 e. The van der Waals surface area contributed by atoms with Gasteiger partial charge in [-0.25, -0.2) is 0 Å². The van der Waals surface area contributed by atoms with E-state index < -0.39 is 17.7 Å². The number of fused-ring (bicyclic) bond motifs is 1. The summed E-state index contributed by atoms with van der Waals surface area (Å²) in [7, 11) is 1.43. The number of hydrogen-bond donors (Lipinski definition) is 1. The van der Waals surface area contributed by atoms with Crippen molar-refractivity contribution < 1.29 is 23.1 Å². The Bertz CT molecular complexity index is 1630. The van der Waals surface area contributed by atoms with E-state index in [0.717, 1.165) is 0 Å². The van der Waals surface area contributed by atoms with Crippen LogP contribution in [0.1, 0.15) is 57.4 Å². The fourth-order valence-electron chi connectivity index (χ4n) is 4.82. The molecule has 0 aliphatic carbocycles. The highest BCUT2D eigenvalue weighted by Crippen LogP contribution is 2.38. The van der Waals surface area contributed by atoms with Gasteiger partial charge in [0.05, 0.1) is 36.6 Å². The topological polar surface area (TPSA) is 100 Å². The molecule has 0 saturated heterocycles. The van der Waals surface area contributed by atoms with Crippen LogP contribution in [-0.4, -0.2) is 34.7 Å². The van der Waals surface area contributed by atoms with Crippen LogP contribution in [0.5, 0.6) is 5.75 Å². The van der Waals surface area contributed by atoms with Crippen molar-refractivity contribution in [1.29, 1.82) is 5.26 Å². The van der Waals surface area contributed by atoms with Gasteiger partial charge in [0.2, 0.25) is 0 Å². The molecule has 1 aliphatic rings. The lowest BCUT2D eigenvalue weighted by Gasteiger charge is -2.38. The van der Waals surface area contributed by atoms with Crippen LogP contribution in [0.25, 0.3) is 0 Å². The van der Waals surface area contributed by atoms with Gasteiger partial charge in [-0.05, 0) is 44.2 Å². The molecule has 1 aliphatic heterocycles. The Labute approximate surface area is 229 Å². The third kappa shape index (κ3) is 4.45. The lowest BCUT2D eigenvalue weighted by Crippen LogP contribution is -2.49. The van der Waals surface area contributed by atoms with E-state index in [9.17, 15) is 14.9 Å². The Morgan fingerprint density at radius 3 is 2.35 bits per heavy atom. The van der Waals surface area contributed by atoms with Crippen LogP contribution >= 0.6 is 0 Å². The SMILES string of the molecule is COc1ccc(C(=O)Nc2cnn3c2C(=O)N(c2ccc(C(F)(F)c4ccccc4)cc2)[C@H](C)[C@H]3C)cc1C#N. The lowest BCUT2D eigenvalue weighted by atomic mass is 9.99. The number of nitriles is 1. The zero-order valence-corrected chi connectivity index (χ0v) is 21.9. The second-order valence-corrected chi connectivity index (χ2v) is 9.48. The summed E-state index contributed by atoms with van der Waals surface area (Å²) in [6, 6.07) is 18.9. The van der Waals surface area contributed by atoms with E-state index in [-0.39, 0.29) is 45.7 Å². The van der Waals surface area contributed by atoms with Gasteiger partial charge in [-0.1, -0.05) is 42.5 Å². The maximum atomic E-state index is 15.1. The van der Waals surface area contributed by atoms with E-state index in [1.807, 2.05) is 19.9 Å². The molecule has 1 N–H and O–H groups in total. The molecule has 0 radical (unpaired) electrons. The van der Waals surface area contributed by atoms with Crippen molar-refractivity contribution >= 4 is 23.2 Å². The standard InChI is InChI=1S/C30H25F2N5O3/c1-18-19(2)37-27(25(17-34-37)35-28(38)20-9-14-26(40-3)21(15-20)16-33)29(39)36(18)24-12-10-23(11-13-24)30(31,32)22-7-5-4-6-8-22/h4-15,17-19H,1-3H3,(H,35,38)/t18-,19-/m1/s1. The second-order valence-electron chi connectivity index (χ2n) is 9.48. The number of methoxy groups -OCH3 is 1. The maximum absolute atomic E-state index is 15.1. The number of ether oxygens (including phenoxy) is 1. The maximum Gasteiger partial charge on any atom is 0.298 e. The monoisotopic (exact) mass is 541 g/mol. The van der Waals surface area contributed by atoms with Crippen LogP contribution in [0.15, 0.2) is 79.0 Å². The Morgan fingerprint density at radius 2 is 1.70 bits per heavy atom. The molecule has 3 aromatic carbocycles. The first kappa shape index (κ1) is 26.6. The van der Waals surface area contributed by atoms with Crippen LogP contribution in [0.3, 0.4) is 0 Å². The molecule has 0 bridgehead atoms. The number of alkyl halides is 2. The number of hydrogen-bond acceptors (Lipinski definition) is 5. The summed E-state index contributed by atoms with van der Waals surface area (Å²) in [5, 5.41) is 16.4. The van der Waals surface area contributed by atoms with Crippen molar-refractivity contribution in [3.63, 3.8) is 0 Å². The molecule has 10 heteroatoms. The van der Waals surface area contributed by atoms with Gasteiger partial charge in [-0.15, -0.1) is 0 Å². The Kier molecular flexibility index (Phi) is 6.81. The zero-order valence-electron chi connectivity index (χ0n) is 21.9. The number of nitrogens with one attached hydrogen (secondary N) is 1. The smallest absolute Gasteiger partial charge is 0.298 e. The minimum atomic E-state index is -3.20. The number of carbonyl (C=O) groups is 2. The highest BCUT2D eigenvalue weighted by Gasteiger charge is 2.40. The van der Waals surface area contributed by atoms with Gasteiger partial charge < -0.3 is 15.0 Å². The van der Waals surface area contributed by atoms with Crippen molar-refractivity contribution in [2.45, 2.75) is 31.9 Å². The summed E-state index contributed by atoms with van der Waals surface area (Å²) in [6.45, 7) is 3.73. The zero-order chi connectivity index (χ0) is 28.6. The molecule has 40 heavy (non-hydrogen) atoms. The molecular weight excluding hydrogens is 516 g/mol. The van der Waals surface area contributed by atoms with E-state index in [4.69, 9.17) is 4.74 Å². The van der Waals surface area contributed by atoms with Gasteiger partial charge in [-0.3, -0.25) is 14.3 Å². The molecule has 4 aromatic rings. The quantitative estimate of drug-likeness (QED) is 0.334. The number of rotatable bonds is 6. The molecular formula is C30H25F2N5O3. The normalized spacial score (nSPS) is 16.7. The number of nitrogens with zero attached hydrogens (tertiary/aromatic N) is 4. The molecule has 0 spiro atoms. The minimum absolute atomic E-state index is 0.123. The Hall–Kier alpha value is -5.04. The molecule has 202 valence electrons. The Balaban J connectivity index is 1.44. The van der Waals surface area contributed by atoms with Gasteiger partial charge >= 0.3 is 0 Å². The van der Waals surface area contributed by atoms with Crippen molar-refractivity contribution in [2.75, 3.05) is 17.3 Å². The largest absolute Gasteiger partial charge is 0.495 e. The van der Waals surface area contributed by atoms with Gasteiger partial charge in [0.25, 0.3) is 17.7 Å². The summed E-state index contributed by atoms with van der Waals surface area (Å²) < 4.78 is 36.8. The molecule has 8 nitrogen and oxygen atoms in total. The molecule has 0 saturated carbocycles. The van der Waals surface area contributed by atoms with Crippen molar-refractivity contribution in [1.82, 2.24) is 9.78 Å². The van der Waals surface area contributed by atoms with Crippen LogP contribution in [-0.2, 0) is 5.92 Å². The van der Waals surface area contributed by atoms with E-state index in [2.05, 4.69) is 10.4 Å². The third-order valence-electron chi connectivity index (χ3n) is 7.18. The van der Waals surface area contributed by atoms with Gasteiger partial charge in [0, 0.05) is 22.4 Å². The van der Waals surface area contributed by atoms with Crippen LogP contribution < -0.4 is 15.0 Å². The van der Waals surface area contributed by atoms with Gasteiger partial charge in [-0.2, -0.15) is 19.1 Å². The van der Waals surface area contributed by atoms with Crippen molar-refractivity contribution in [3.05, 3.63) is 107 Å². The van der Waals surface area contributed by atoms with Crippen molar-refractivity contribution in [2.24, 2.45) is 0 Å². The molecule has 0 unspecified atom stereocenters. The molecule has 1 aromatic heterocycles. The lowest BCUT2D eigenvalue weighted by molar-refractivity contribution is 0.0428. The van der Waals surface area contributed by atoms with Crippen LogP contribution in [0.4, 0.5) is 20.2 Å². The molecule has 2 amide bonds. The van der Waals surface area contributed by atoms with Gasteiger partial charge in [0.15, 0.2) is 5.69 Å². The summed E-state index contributed by atoms with van der Waals surface area (Å²) in [4.78, 5) is 28.3. The second kappa shape index (κ2) is 10.3. The van der Waals surface area contributed by atoms with Crippen LogP contribution in [0.2, 0.25) is 0 Å². The predicted octanol–water partition coefficient (Wildman–Crippen LogP) is 5.77. The summed E-state index contributed by atoms with van der Waals surface area (Å²) >= 11 is 0. The molecule has 5 rings (SSSR count). The number of anilines is 2. The highest BCUT2D eigenvalue weighted by molar-refractivity contribution is 6.13. The first-order chi connectivity index (χ1) is 19.2. The van der Waals surface area contributed by atoms with E-state index in [1.165, 1.54) is 72.8 Å². The summed E-state index contributed by atoms with van der Waals surface area (Å²) in [6.07, 6.45) is 1.40. The number of amides is 2. The highest BCUT2D eigenvalue weighted by atomic mass is 19.3. The molecule has 2 heterocycles.